The highest BCUT2D eigenvalue weighted by atomic mass is 16.5. The van der Waals surface area contributed by atoms with Gasteiger partial charge in [-0.25, -0.2) is 0 Å². The largest absolute Gasteiger partial charge is 0.494 e. The van der Waals surface area contributed by atoms with E-state index in [2.05, 4.69) is 10.5 Å². The van der Waals surface area contributed by atoms with Gasteiger partial charge in [0.2, 0.25) is 0 Å². The molecule has 1 heterocycles. The van der Waals surface area contributed by atoms with E-state index in [1.165, 1.54) is 0 Å². The van der Waals surface area contributed by atoms with Crippen molar-refractivity contribution in [1.82, 2.24) is 10.5 Å². The van der Waals surface area contributed by atoms with E-state index in [0.717, 1.165) is 29.9 Å². The number of aromatic nitrogens is 1. The van der Waals surface area contributed by atoms with Crippen LogP contribution < -0.4 is 14.8 Å². The zero-order valence-electron chi connectivity index (χ0n) is 16.8. The summed E-state index contributed by atoms with van der Waals surface area (Å²) in [6.45, 7) is 5.21. The van der Waals surface area contributed by atoms with Gasteiger partial charge in [0.25, 0.3) is 5.91 Å². The predicted molar refractivity (Wildman–Crippen MR) is 110 cm³/mol. The second-order valence-corrected chi connectivity index (χ2v) is 6.76. The van der Waals surface area contributed by atoms with Crippen LogP contribution in [0, 0.1) is 13.8 Å². The molecule has 0 aliphatic heterocycles. The Labute approximate surface area is 170 Å². The van der Waals surface area contributed by atoms with E-state index < -0.39 is 0 Å². The first kappa shape index (κ1) is 20.5. The number of nitrogens with zero attached hydrogens (tertiary/aromatic N) is 1. The monoisotopic (exact) mass is 394 g/mol. The molecule has 1 aromatic heterocycles. The molecular formula is C23H26N2O4. The number of hydrogen-bond donors (Lipinski definition) is 1. The van der Waals surface area contributed by atoms with Crippen molar-refractivity contribution in [2.45, 2.75) is 33.3 Å². The van der Waals surface area contributed by atoms with Crippen LogP contribution in [0.5, 0.6) is 11.5 Å². The maximum atomic E-state index is 12.1. The number of aryl methyl sites for hydroxylation is 2. The molecule has 0 atom stereocenters. The van der Waals surface area contributed by atoms with Gasteiger partial charge in [-0.2, -0.15) is 0 Å². The fourth-order valence-electron chi connectivity index (χ4n) is 2.89. The second-order valence-electron chi connectivity index (χ2n) is 6.76. The molecule has 0 spiro atoms. The first-order valence-electron chi connectivity index (χ1n) is 9.74. The maximum Gasteiger partial charge on any atom is 0.256 e. The molecule has 29 heavy (non-hydrogen) atoms. The molecule has 0 saturated carbocycles. The lowest BCUT2D eigenvalue weighted by Crippen LogP contribution is -2.25. The number of carbonyl (C=O) groups excluding carboxylic acids is 1. The average Bonchev–Trinajstić information content (AvgIpc) is 3.08. The summed E-state index contributed by atoms with van der Waals surface area (Å²) < 4.78 is 16.5. The molecule has 1 amide bonds. The smallest absolute Gasteiger partial charge is 0.256 e. The highest BCUT2D eigenvalue weighted by molar-refractivity contribution is 5.96. The third kappa shape index (κ3) is 6.10. The molecule has 0 radical (unpaired) electrons. The van der Waals surface area contributed by atoms with Gasteiger partial charge in [-0.1, -0.05) is 35.5 Å². The Morgan fingerprint density at radius 2 is 1.66 bits per heavy atom. The third-order valence-electron chi connectivity index (χ3n) is 4.46. The average molecular weight is 394 g/mol. The molecule has 3 aromatic rings. The molecule has 1 N–H and O–H groups in total. The number of benzene rings is 2. The van der Waals surface area contributed by atoms with Crippen LogP contribution in [0.3, 0.4) is 0 Å². The van der Waals surface area contributed by atoms with Crippen LogP contribution in [-0.4, -0.2) is 24.2 Å². The lowest BCUT2D eigenvalue weighted by Gasteiger charge is -2.09. The number of carbonyl (C=O) groups is 1. The van der Waals surface area contributed by atoms with Gasteiger partial charge in [0, 0.05) is 6.54 Å². The van der Waals surface area contributed by atoms with E-state index in [4.69, 9.17) is 14.0 Å². The van der Waals surface area contributed by atoms with E-state index >= 15 is 0 Å². The van der Waals surface area contributed by atoms with Crippen LogP contribution in [-0.2, 0) is 6.61 Å². The van der Waals surface area contributed by atoms with Gasteiger partial charge in [-0.3, -0.25) is 4.79 Å². The minimum absolute atomic E-state index is 0.145. The summed E-state index contributed by atoms with van der Waals surface area (Å²) in [6.07, 6.45) is 1.67. The zero-order valence-corrected chi connectivity index (χ0v) is 16.8. The molecule has 0 aliphatic carbocycles. The SMILES string of the molecule is Cc1noc(C)c1C(=O)NCCCCOc1ccc(OCc2ccccc2)cc1. The van der Waals surface area contributed by atoms with Gasteiger partial charge in [0.15, 0.2) is 0 Å². The van der Waals surface area contributed by atoms with Crippen molar-refractivity contribution >= 4 is 5.91 Å². The Kier molecular flexibility index (Phi) is 7.28. The molecule has 0 fully saturated rings. The summed E-state index contributed by atoms with van der Waals surface area (Å²) >= 11 is 0. The van der Waals surface area contributed by atoms with Crippen molar-refractivity contribution in [2.75, 3.05) is 13.2 Å². The Balaban J connectivity index is 1.31. The van der Waals surface area contributed by atoms with Gasteiger partial charge in [-0.05, 0) is 56.5 Å². The van der Waals surface area contributed by atoms with Crippen molar-refractivity contribution in [2.24, 2.45) is 0 Å². The summed E-state index contributed by atoms with van der Waals surface area (Å²) in [4.78, 5) is 12.1. The van der Waals surface area contributed by atoms with Gasteiger partial charge in [0.05, 0.1) is 12.3 Å². The van der Waals surface area contributed by atoms with Gasteiger partial charge >= 0.3 is 0 Å². The lowest BCUT2D eigenvalue weighted by atomic mass is 10.2. The Bertz CT molecular complexity index is 885. The fourth-order valence-corrected chi connectivity index (χ4v) is 2.89. The van der Waals surface area contributed by atoms with Gasteiger partial charge in [0.1, 0.15) is 29.4 Å². The quantitative estimate of drug-likeness (QED) is 0.514. The van der Waals surface area contributed by atoms with E-state index in [-0.39, 0.29) is 5.91 Å². The first-order valence-corrected chi connectivity index (χ1v) is 9.74. The molecule has 6 nitrogen and oxygen atoms in total. The normalized spacial score (nSPS) is 10.6. The standard InChI is InChI=1S/C23H26N2O4/c1-17-22(18(2)29-25-17)23(26)24-14-6-7-15-27-20-10-12-21(13-11-20)28-16-19-8-4-3-5-9-19/h3-5,8-13H,6-7,14-16H2,1-2H3,(H,24,26). The molecule has 0 saturated heterocycles. The summed E-state index contributed by atoms with van der Waals surface area (Å²) in [5, 5.41) is 6.69. The molecule has 0 bridgehead atoms. The van der Waals surface area contributed by atoms with Crippen LogP contribution in [0.2, 0.25) is 0 Å². The fraction of sp³-hybridized carbons (Fsp3) is 0.304. The molecule has 0 unspecified atom stereocenters. The second kappa shape index (κ2) is 10.3. The Morgan fingerprint density at radius 3 is 2.31 bits per heavy atom. The summed E-state index contributed by atoms with van der Waals surface area (Å²) in [5.74, 6) is 2.01. The van der Waals surface area contributed by atoms with Crippen molar-refractivity contribution in [3.05, 3.63) is 77.2 Å². The van der Waals surface area contributed by atoms with Gasteiger partial charge < -0.3 is 19.3 Å². The highest BCUT2D eigenvalue weighted by Gasteiger charge is 2.16. The van der Waals surface area contributed by atoms with Crippen molar-refractivity contribution in [3.63, 3.8) is 0 Å². The summed E-state index contributed by atoms with van der Waals surface area (Å²) in [6, 6.07) is 17.7. The minimum atomic E-state index is -0.145. The van der Waals surface area contributed by atoms with E-state index in [0.29, 0.717) is 36.8 Å². The van der Waals surface area contributed by atoms with E-state index in [1.807, 2.05) is 54.6 Å². The molecule has 3 rings (SSSR count). The molecule has 6 heteroatoms. The number of ether oxygens (including phenoxy) is 2. The number of hydrogen-bond acceptors (Lipinski definition) is 5. The van der Waals surface area contributed by atoms with Crippen molar-refractivity contribution in [1.29, 1.82) is 0 Å². The van der Waals surface area contributed by atoms with E-state index in [9.17, 15) is 4.79 Å². The topological polar surface area (TPSA) is 73.6 Å². The number of unbranched alkanes of at least 4 members (excludes halogenated alkanes) is 1. The molecular weight excluding hydrogens is 368 g/mol. The van der Waals surface area contributed by atoms with Gasteiger partial charge in [-0.15, -0.1) is 0 Å². The van der Waals surface area contributed by atoms with Crippen LogP contribution in [0.25, 0.3) is 0 Å². The van der Waals surface area contributed by atoms with Crippen LogP contribution in [0.15, 0.2) is 59.1 Å². The summed E-state index contributed by atoms with van der Waals surface area (Å²) in [7, 11) is 0. The van der Waals surface area contributed by atoms with E-state index in [1.54, 1.807) is 13.8 Å². The number of nitrogens with one attached hydrogen (secondary N) is 1. The zero-order chi connectivity index (χ0) is 20.5. The lowest BCUT2D eigenvalue weighted by molar-refractivity contribution is 0.0950. The maximum absolute atomic E-state index is 12.1. The minimum Gasteiger partial charge on any atom is -0.494 e. The van der Waals surface area contributed by atoms with Crippen LogP contribution in [0.4, 0.5) is 0 Å². The molecule has 2 aromatic carbocycles. The van der Waals surface area contributed by atoms with Crippen LogP contribution >= 0.6 is 0 Å². The highest BCUT2D eigenvalue weighted by Crippen LogP contribution is 2.19. The Morgan fingerprint density at radius 1 is 0.966 bits per heavy atom. The molecule has 152 valence electrons. The summed E-state index contributed by atoms with van der Waals surface area (Å²) in [5.41, 5.74) is 2.27. The van der Waals surface area contributed by atoms with Crippen molar-refractivity contribution in [3.8, 4) is 11.5 Å². The molecule has 0 aliphatic rings. The first-order chi connectivity index (χ1) is 14.1. The van der Waals surface area contributed by atoms with Crippen LogP contribution in [0.1, 0.15) is 40.2 Å². The predicted octanol–water partition coefficient (Wildman–Crippen LogP) is 4.46. The number of rotatable bonds is 10. The Hall–Kier alpha value is -3.28. The van der Waals surface area contributed by atoms with Crippen molar-refractivity contribution < 1.29 is 18.8 Å². The third-order valence-corrected chi connectivity index (χ3v) is 4.46. The number of amides is 1.